The summed E-state index contributed by atoms with van der Waals surface area (Å²) in [5.74, 6) is -0.945. The number of aliphatic hydroxyl groups is 2. The number of aliphatic hydroxyl groups excluding tert-OH is 1. The van der Waals surface area contributed by atoms with Crippen LogP contribution in [-0.4, -0.2) is 22.6 Å². The molecule has 1 aliphatic rings. The zero-order valence-electron chi connectivity index (χ0n) is 11.4. The Morgan fingerprint density at radius 1 is 1.11 bits per heavy atom. The molecule has 0 saturated heterocycles. The third kappa shape index (κ3) is 4.30. The maximum atomic E-state index is 10.4. The quantitative estimate of drug-likeness (QED) is 0.587. The zero-order valence-corrected chi connectivity index (χ0v) is 11.4. The van der Waals surface area contributed by atoms with E-state index in [2.05, 4.69) is 0 Å². The lowest BCUT2D eigenvalue weighted by atomic mass is 10.0. The van der Waals surface area contributed by atoms with Crippen molar-refractivity contribution in [2.45, 2.75) is 56.8 Å². The predicted molar refractivity (Wildman–Crippen MR) is 74.6 cm³/mol. The Labute approximate surface area is 115 Å². The smallest absolute Gasteiger partial charge is 0.166 e. The van der Waals surface area contributed by atoms with Crippen LogP contribution in [0, 0.1) is 0 Å². The van der Waals surface area contributed by atoms with Gasteiger partial charge in [0.1, 0.15) is 0 Å². The van der Waals surface area contributed by atoms with Gasteiger partial charge in [-0.3, -0.25) is 0 Å². The van der Waals surface area contributed by atoms with Crippen molar-refractivity contribution in [1.82, 2.24) is 0 Å². The van der Waals surface area contributed by atoms with Crippen molar-refractivity contribution < 1.29 is 14.9 Å². The van der Waals surface area contributed by atoms with Gasteiger partial charge in [-0.15, -0.1) is 0 Å². The van der Waals surface area contributed by atoms with E-state index in [-0.39, 0.29) is 12.7 Å². The van der Waals surface area contributed by atoms with Crippen LogP contribution >= 0.6 is 0 Å². The van der Waals surface area contributed by atoms with Crippen LogP contribution in [0.2, 0.25) is 0 Å². The number of hydrogen-bond donors (Lipinski definition) is 2. The summed E-state index contributed by atoms with van der Waals surface area (Å²) < 4.78 is 6.01. The van der Waals surface area contributed by atoms with E-state index in [1.54, 1.807) is 0 Å². The molecule has 0 bridgehead atoms. The van der Waals surface area contributed by atoms with E-state index in [1.807, 2.05) is 30.3 Å². The molecular weight excluding hydrogens is 240 g/mol. The fourth-order valence-electron chi connectivity index (χ4n) is 2.71. The monoisotopic (exact) mass is 264 g/mol. The molecule has 3 nitrogen and oxygen atoms in total. The summed E-state index contributed by atoms with van der Waals surface area (Å²) in [5.41, 5.74) is 1.11. The topological polar surface area (TPSA) is 49.7 Å². The van der Waals surface area contributed by atoms with Gasteiger partial charge in [0.25, 0.3) is 0 Å². The number of unbranched alkanes of at least 4 members (excludes halogenated alkanes) is 1. The van der Waals surface area contributed by atoms with Crippen LogP contribution in [0.1, 0.15) is 56.6 Å². The summed E-state index contributed by atoms with van der Waals surface area (Å²) in [6.07, 6.45) is 6.00. The Morgan fingerprint density at radius 3 is 2.42 bits per heavy atom. The van der Waals surface area contributed by atoms with Crippen LogP contribution < -0.4 is 0 Å². The maximum Gasteiger partial charge on any atom is 0.166 e. The third-order valence-electron chi connectivity index (χ3n) is 3.79. The van der Waals surface area contributed by atoms with Crippen molar-refractivity contribution in [1.29, 1.82) is 0 Å². The van der Waals surface area contributed by atoms with Gasteiger partial charge in [-0.05, 0) is 37.7 Å². The number of benzene rings is 1. The highest BCUT2D eigenvalue weighted by molar-refractivity contribution is 5.17. The number of rotatable bonds is 7. The molecule has 1 unspecified atom stereocenters. The van der Waals surface area contributed by atoms with Gasteiger partial charge < -0.3 is 14.9 Å². The molecule has 1 atom stereocenters. The molecule has 0 aliphatic heterocycles. The molecule has 0 radical (unpaired) electrons. The van der Waals surface area contributed by atoms with Crippen molar-refractivity contribution in [2.24, 2.45) is 0 Å². The van der Waals surface area contributed by atoms with Gasteiger partial charge in [0.15, 0.2) is 5.79 Å². The molecular formula is C16H24O3. The first-order valence-corrected chi connectivity index (χ1v) is 7.29. The second-order valence-corrected chi connectivity index (χ2v) is 5.39. The molecule has 0 spiro atoms. The molecule has 1 aromatic rings. The molecule has 1 saturated carbocycles. The number of ether oxygens (including phenoxy) is 1. The highest BCUT2D eigenvalue weighted by Gasteiger charge is 2.34. The summed E-state index contributed by atoms with van der Waals surface area (Å²) >= 11 is 0. The fraction of sp³-hybridized carbons (Fsp3) is 0.625. The molecule has 1 aromatic carbocycles. The third-order valence-corrected chi connectivity index (χ3v) is 3.79. The van der Waals surface area contributed by atoms with Crippen molar-refractivity contribution in [3.8, 4) is 0 Å². The minimum atomic E-state index is -0.945. The van der Waals surface area contributed by atoms with Gasteiger partial charge in [0, 0.05) is 19.4 Å². The Balaban J connectivity index is 2.01. The van der Waals surface area contributed by atoms with Crippen molar-refractivity contribution in [3.05, 3.63) is 35.9 Å². The molecule has 19 heavy (non-hydrogen) atoms. The van der Waals surface area contributed by atoms with Crippen LogP contribution in [0.5, 0.6) is 0 Å². The van der Waals surface area contributed by atoms with E-state index in [0.717, 1.165) is 50.5 Å². The fourth-order valence-corrected chi connectivity index (χ4v) is 2.71. The van der Waals surface area contributed by atoms with E-state index in [9.17, 15) is 5.11 Å². The molecule has 0 amide bonds. The standard InChI is InChI=1S/C16H24O3/c17-13-7-4-10-15(14-8-2-1-3-9-14)19-16(18)11-5-6-12-16/h1-3,8-9,15,17-18H,4-7,10-13H2. The van der Waals surface area contributed by atoms with Crippen molar-refractivity contribution >= 4 is 0 Å². The van der Waals surface area contributed by atoms with Crippen LogP contribution in [-0.2, 0) is 4.74 Å². The van der Waals surface area contributed by atoms with Gasteiger partial charge in [-0.2, -0.15) is 0 Å². The molecule has 106 valence electrons. The Hall–Kier alpha value is -0.900. The average Bonchev–Trinajstić information content (AvgIpc) is 2.86. The molecule has 3 heteroatoms. The molecule has 1 fully saturated rings. The first-order chi connectivity index (χ1) is 9.23. The molecule has 0 aromatic heterocycles. The summed E-state index contributed by atoms with van der Waals surface area (Å²) in [5, 5.41) is 19.3. The van der Waals surface area contributed by atoms with Crippen LogP contribution in [0.3, 0.4) is 0 Å². The van der Waals surface area contributed by atoms with Gasteiger partial charge in [0.2, 0.25) is 0 Å². The molecule has 2 N–H and O–H groups in total. The molecule has 2 rings (SSSR count). The largest absolute Gasteiger partial charge is 0.396 e. The lowest BCUT2D eigenvalue weighted by molar-refractivity contribution is -0.228. The van der Waals surface area contributed by atoms with E-state index in [0.29, 0.717) is 0 Å². The van der Waals surface area contributed by atoms with E-state index < -0.39 is 5.79 Å². The van der Waals surface area contributed by atoms with E-state index >= 15 is 0 Å². The van der Waals surface area contributed by atoms with Gasteiger partial charge in [-0.25, -0.2) is 0 Å². The molecule has 1 aliphatic carbocycles. The summed E-state index contributed by atoms with van der Waals surface area (Å²) in [6.45, 7) is 0.214. The zero-order chi connectivity index (χ0) is 13.6. The first-order valence-electron chi connectivity index (χ1n) is 7.29. The Morgan fingerprint density at radius 2 is 1.79 bits per heavy atom. The van der Waals surface area contributed by atoms with E-state index in [4.69, 9.17) is 9.84 Å². The van der Waals surface area contributed by atoms with E-state index in [1.165, 1.54) is 0 Å². The summed E-state index contributed by atoms with van der Waals surface area (Å²) in [6, 6.07) is 10.1. The maximum absolute atomic E-state index is 10.4. The van der Waals surface area contributed by atoms with Crippen LogP contribution in [0.4, 0.5) is 0 Å². The number of hydrogen-bond acceptors (Lipinski definition) is 3. The van der Waals surface area contributed by atoms with Crippen LogP contribution in [0.25, 0.3) is 0 Å². The highest BCUT2D eigenvalue weighted by atomic mass is 16.6. The normalized spacial score (nSPS) is 19.5. The lowest BCUT2D eigenvalue weighted by Gasteiger charge is -2.29. The summed E-state index contributed by atoms with van der Waals surface area (Å²) in [4.78, 5) is 0. The Kier molecular flexibility index (Phi) is 5.37. The minimum absolute atomic E-state index is 0.0733. The minimum Gasteiger partial charge on any atom is -0.396 e. The average molecular weight is 264 g/mol. The van der Waals surface area contributed by atoms with Gasteiger partial charge in [0.05, 0.1) is 6.10 Å². The van der Waals surface area contributed by atoms with Crippen LogP contribution in [0.15, 0.2) is 30.3 Å². The lowest BCUT2D eigenvalue weighted by Crippen LogP contribution is -2.30. The highest BCUT2D eigenvalue weighted by Crippen LogP contribution is 2.37. The van der Waals surface area contributed by atoms with Crippen molar-refractivity contribution in [3.63, 3.8) is 0 Å². The second-order valence-electron chi connectivity index (χ2n) is 5.39. The summed E-state index contributed by atoms with van der Waals surface area (Å²) in [7, 11) is 0. The molecule has 0 heterocycles. The predicted octanol–water partition coefficient (Wildman–Crippen LogP) is 3.17. The SMILES string of the molecule is OCCCCC(OC1(O)CCCC1)c1ccccc1. The van der Waals surface area contributed by atoms with Gasteiger partial charge >= 0.3 is 0 Å². The Bertz CT molecular complexity index is 358. The van der Waals surface area contributed by atoms with Crippen molar-refractivity contribution in [2.75, 3.05) is 6.61 Å². The second kappa shape index (κ2) is 7.04. The van der Waals surface area contributed by atoms with Gasteiger partial charge in [-0.1, -0.05) is 30.3 Å². The first kappa shape index (κ1) is 14.5.